The molecule has 1 N–H and O–H groups in total. The van der Waals surface area contributed by atoms with Crippen LogP contribution in [0.25, 0.3) is 0 Å². The standard InChI is InChI=1S/C19H20F2N2OS/c20-15-7-8-16(21)17(13-15)25-18(14-5-2-1-3-6-14)19(24)23-11-4-9-22-10-12-23/h1-3,5-8,13,18,22H,4,9-12H2. The first kappa shape index (κ1) is 17.9. The normalized spacial score (nSPS) is 16.3. The fourth-order valence-corrected chi connectivity index (χ4v) is 3.97. The molecule has 3 nitrogen and oxygen atoms in total. The quantitative estimate of drug-likeness (QED) is 0.843. The monoisotopic (exact) mass is 362 g/mol. The van der Waals surface area contributed by atoms with Crippen molar-refractivity contribution < 1.29 is 13.6 Å². The molecule has 0 aromatic heterocycles. The minimum Gasteiger partial charge on any atom is -0.340 e. The van der Waals surface area contributed by atoms with Gasteiger partial charge < -0.3 is 10.2 Å². The molecule has 0 bridgehead atoms. The number of nitrogens with one attached hydrogen (secondary N) is 1. The van der Waals surface area contributed by atoms with Gasteiger partial charge in [0.15, 0.2) is 0 Å². The van der Waals surface area contributed by atoms with Gasteiger partial charge >= 0.3 is 0 Å². The Balaban J connectivity index is 1.89. The van der Waals surface area contributed by atoms with Crippen molar-refractivity contribution in [3.63, 3.8) is 0 Å². The van der Waals surface area contributed by atoms with Crippen LogP contribution >= 0.6 is 11.8 Å². The molecule has 0 radical (unpaired) electrons. The summed E-state index contributed by atoms with van der Waals surface area (Å²) >= 11 is 1.06. The lowest BCUT2D eigenvalue weighted by atomic mass is 10.1. The number of rotatable bonds is 4. The van der Waals surface area contributed by atoms with Gasteiger partial charge in [-0.25, -0.2) is 8.78 Å². The van der Waals surface area contributed by atoms with Crippen molar-refractivity contribution >= 4 is 17.7 Å². The second-order valence-corrected chi connectivity index (χ2v) is 7.06. The van der Waals surface area contributed by atoms with Gasteiger partial charge in [-0.2, -0.15) is 0 Å². The number of benzene rings is 2. The highest BCUT2D eigenvalue weighted by molar-refractivity contribution is 8.00. The third-order valence-electron chi connectivity index (χ3n) is 4.12. The Hall–Kier alpha value is -1.92. The highest BCUT2D eigenvalue weighted by Crippen LogP contribution is 2.38. The first-order valence-electron chi connectivity index (χ1n) is 8.31. The van der Waals surface area contributed by atoms with Crippen LogP contribution in [-0.2, 0) is 4.79 Å². The molecule has 2 aromatic rings. The molecule has 1 heterocycles. The molecule has 0 saturated carbocycles. The number of hydrogen-bond donors (Lipinski definition) is 1. The van der Waals surface area contributed by atoms with E-state index in [0.29, 0.717) is 13.1 Å². The molecule has 1 fully saturated rings. The fourth-order valence-electron chi connectivity index (χ4n) is 2.82. The molecule has 0 aliphatic carbocycles. The Kier molecular flexibility index (Phi) is 6.04. The van der Waals surface area contributed by atoms with Gasteiger partial charge in [0.1, 0.15) is 16.9 Å². The zero-order valence-electron chi connectivity index (χ0n) is 13.8. The van der Waals surface area contributed by atoms with Crippen LogP contribution in [0.2, 0.25) is 0 Å². The van der Waals surface area contributed by atoms with E-state index >= 15 is 0 Å². The SMILES string of the molecule is O=C(C(Sc1cc(F)ccc1F)c1ccccc1)N1CCCNCC1. The van der Waals surface area contributed by atoms with Gasteiger partial charge in [-0.3, -0.25) is 4.79 Å². The Bertz CT molecular complexity index is 719. The van der Waals surface area contributed by atoms with Crippen LogP contribution in [0, 0.1) is 11.6 Å². The van der Waals surface area contributed by atoms with Crippen LogP contribution in [0.5, 0.6) is 0 Å². The first-order valence-corrected chi connectivity index (χ1v) is 9.19. The maximum atomic E-state index is 14.1. The van der Waals surface area contributed by atoms with Crippen LogP contribution < -0.4 is 5.32 Å². The molecular weight excluding hydrogens is 342 g/mol. The maximum Gasteiger partial charge on any atom is 0.240 e. The minimum absolute atomic E-state index is 0.0661. The number of carbonyl (C=O) groups excluding carboxylic acids is 1. The van der Waals surface area contributed by atoms with E-state index in [2.05, 4.69) is 5.32 Å². The lowest BCUT2D eigenvalue weighted by Gasteiger charge is -2.26. The molecule has 2 aromatic carbocycles. The molecule has 6 heteroatoms. The summed E-state index contributed by atoms with van der Waals surface area (Å²) in [6.45, 7) is 2.91. The van der Waals surface area contributed by atoms with Gasteiger partial charge in [-0.15, -0.1) is 11.8 Å². The smallest absolute Gasteiger partial charge is 0.240 e. The maximum absolute atomic E-state index is 14.1. The molecule has 0 spiro atoms. The average Bonchev–Trinajstić information content (AvgIpc) is 2.92. The number of hydrogen-bond acceptors (Lipinski definition) is 3. The van der Waals surface area contributed by atoms with Gasteiger partial charge in [0.2, 0.25) is 5.91 Å². The van der Waals surface area contributed by atoms with Gasteiger partial charge in [-0.05, 0) is 36.7 Å². The van der Waals surface area contributed by atoms with Gasteiger partial charge in [-0.1, -0.05) is 30.3 Å². The predicted octanol–water partition coefficient (Wildman–Crippen LogP) is 3.62. The summed E-state index contributed by atoms with van der Waals surface area (Å²) in [5, 5.41) is 2.67. The van der Waals surface area contributed by atoms with Gasteiger partial charge in [0.05, 0.1) is 0 Å². The zero-order chi connectivity index (χ0) is 17.6. The molecular formula is C19H20F2N2OS. The third-order valence-corrected chi connectivity index (χ3v) is 5.39. The van der Waals surface area contributed by atoms with Crippen molar-refractivity contribution in [2.24, 2.45) is 0 Å². The van der Waals surface area contributed by atoms with Crippen LogP contribution in [0.1, 0.15) is 17.2 Å². The van der Waals surface area contributed by atoms with E-state index < -0.39 is 16.9 Å². The molecule has 1 aliphatic heterocycles. The van der Waals surface area contributed by atoms with Crippen molar-refractivity contribution in [2.45, 2.75) is 16.6 Å². The van der Waals surface area contributed by atoms with E-state index in [4.69, 9.17) is 0 Å². The van der Waals surface area contributed by atoms with E-state index in [9.17, 15) is 13.6 Å². The molecule has 1 unspecified atom stereocenters. The number of halogens is 2. The lowest BCUT2D eigenvalue weighted by Crippen LogP contribution is -2.36. The summed E-state index contributed by atoms with van der Waals surface area (Å²) in [5.41, 5.74) is 0.790. The summed E-state index contributed by atoms with van der Waals surface area (Å²) in [5.74, 6) is -1.09. The van der Waals surface area contributed by atoms with E-state index in [1.54, 1.807) is 0 Å². The summed E-state index contributed by atoms with van der Waals surface area (Å²) in [6, 6.07) is 12.6. The third kappa shape index (κ3) is 4.58. The Morgan fingerprint density at radius 2 is 1.88 bits per heavy atom. The number of nitrogens with zero attached hydrogens (tertiary/aromatic N) is 1. The largest absolute Gasteiger partial charge is 0.340 e. The van der Waals surface area contributed by atoms with Crippen LogP contribution in [0.4, 0.5) is 8.78 Å². The lowest BCUT2D eigenvalue weighted by molar-refractivity contribution is -0.130. The second-order valence-electron chi connectivity index (χ2n) is 5.91. The number of amides is 1. The number of thioether (sulfide) groups is 1. The zero-order valence-corrected chi connectivity index (χ0v) is 14.6. The minimum atomic E-state index is -0.601. The van der Waals surface area contributed by atoms with Crippen molar-refractivity contribution in [1.29, 1.82) is 0 Å². The van der Waals surface area contributed by atoms with Crippen LogP contribution in [-0.4, -0.2) is 37.0 Å². The summed E-state index contributed by atoms with van der Waals surface area (Å²) in [6.07, 6.45) is 0.881. The average molecular weight is 362 g/mol. The molecule has 1 aliphatic rings. The fraction of sp³-hybridized carbons (Fsp3) is 0.316. The topological polar surface area (TPSA) is 32.3 Å². The van der Waals surface area contributed by atoms with Crippen LogP contribution in [0.3, 0.4) is 0 Å². The first-order chi connectivity index (χ1) is 12.1. The van der Waals surface area contributed by atoms with Crippen molar-refractivity contribution in [2.75, 3.05) is 26.2 Å². The van der Waals surface area contributed by atoms with Gasteiger partial charge in [0, 0.05) is 24.5 Å². The van der Waals surface area contributed by atoms with Crippen molar-refractivity contribution in [3.05, 3.63) is 65.7 Å². The molecule has 1 amide bonds. The molecule has 25 heavy (non-hydrogen) atoms. The molecule has 3 rings (SSSR count). The Morgan fingerprint density at radius 3 is 2.68 bits per heavy atom. The molecule has 1 atom stereocenters. The summed E-state index contributed by atoms with van der Waals surface area (Å²) in [7, 11) is 0. The highest BCUT2D eigenvalue weighted by atomic mass is 32.2. The van der Waals surface area contributed by atoms with E-state index in [0.717, 1.165) is 55.0 Å². The Morgan fingerprint density at radius 1 is 1.08 bits per heavy atom. The van der Waals surface area contributed by atoms with E-state index in [1.165, 1.54) is 0 Å². The molecule has 132 valence electrons. The van der Waals surface area contributed by atoms with E-state index in [-0.39, 0.29) is 10.8 Å². The predicted molar refractivity (Wildman–Crippen MR) is 95.5 cm³/mol. The highest BCUT2D eigenvalue weighted by Gasteiger charge is 2.28. The van der Waals surface area contributed by atoms with Gasteiger partial charge in [0.25, 0.3) is 0 Å². The summed E-state index contributed by atoms with van der Waals surface area (Å²) < 4.78 is 27.6. The van der Waals surface area contributed by atoms with E-state index in [1.807, 2.05) is 35.2 Å². The summed E-state index contributed by atoms with van der Waals surface area (Å²) in [4.78, 5) is 15.1. The number of carbonyl (C=O) groups is 1. The van der Waals surface area contributed by atoms with Crippen LogP contribution in [0.15, 0.2) is 53.4 Å². The second kappa shape index (κ2) is 8.45. The van der Waals surface area contributed by atoms with Crippen molar-refractivity contribution in [1.82, 2.24) is 10.2 Å². The Labute approximate surface area is 150 Å². The molecule has 1 saturated heterocycles. The van der Waals surface area contributed by atoms with Crippen molar-refractivity contribution in [3.8, 4) is 0 Å².